The Kier molecular flexibility index (Phi) is 11.1. The zero-order chi connectivity index (χ0) is 21.3. The monoisotopic (exact) mass is 646 g/mol. The Morgan fingerprint density at radius 2 is 1.79 bits per heavy atom. The second-order valence-corrected chi connectivity index (χ2v) is 9.58. The number of esters is 2. The van der Waals surface area contributed by atoms with E-state index in [2.05, 4.69) is 49.9 Å². The van der Waals surface area contributed by atoms with Crippen LogP contribution in [0.5, 0.6) is 0 Å². The van der Waals surface area contributed by atoms with Crippen molar-refractivity contribution in [1.82, 2.24) is 0 Å². The minimum absolute atomic E-state index is 0.000562. The molecule has 0 bridgehead atoms. The van der Waals surface area contributed by atoms with Crippen LogP contribution in [0.3, 0.4) is 0 Å². The highest BCUT2D eigenvalue weighted by molar-refractivity contribution is 14.1. The average molecular weight is 646 g/mol. The number of carbonyl (C=O) groups is 2. The topological polar surface area (TPSA) is 107 Å². The van der Waals surface area contributed by atoms with Gasteiger partial charge in [0.25, 0.3) is 16.5 Å². The highest BCUT2D eigenvalue weighted by Crippen LogP contribution is 2.17. The first kappa shape index (κ1) is 25.4. The molecule has 0 aliphatic carbocycles. The molecule has 7 nitrogen and oxygen atoms in total. The number of alkyl halides is 2. The minimum Gasteiger partial charge on any atom is -0.465 e. The Labute approximate surface area is 188 Å². The first-order chi connectivity index (χ1) is 13.0. The van der Waals surface area contributed by atoms with Gasteiger partial charge in [-0.2, -0.15) is 8.42 Å². The number of rotatable bonds is 11. The molecule has 0 fully saturated rings. The van der Waals surface area contributed by atoms with Crippen molar-refractivity contribution in [3.63, 3.8) is 0 Å². The Bertz CT molecular complexity index is 787. The van der Waals surface area contributed by atoms with Crippen molar-refractivity contribution in [1.29, 1.82) is 0 Å². The second-order valence-electron chi connectivity index (χ2n) is 5.67. The summed E-state index contributed by atoms with van der Waals surface area (Å²) in [4.78, 5) is 23.2. The molecule has 1 rings (SSSR count). The lowest BCUT2D eigenvalue weighted by Gasteiger charge is -2.15. The van der Waals surface area contributed by atoms with Gasteiger partial charge in [0.2, 0.25) is 0 Å². The van der Waals surface area contributed by atoms with E-state index in [1.54, 1.807) is 0 Å². The van der Waals surface area contributed by atoms with E-state index in [1.165, 1.54) is 0 Å². The standard InChI is InChI=1S/C16H18F2I2O7S/c17-16(18)13(9-28(23,24)25)27-15(22)3-1-2-14(21)26-7-6-10-4-5-11(19)8-12(10)20/h4-5,8,13,16H,1-3,6-7,9H2,(H,23,24,25). The van der Waals surface area contributed by atoms with Crippen LogP contribution in [-0.2, 0) is 35.6 Å². The SMILES string of the molecule is O=C(CCCC(=O)OC(CS(=O)(=O)O)C(F)F)OCCc1ccc(I)cc1I. The number of ether oxygens (including phenoxy) is 2. The van der Waals surface area contributed by atoms with Gasteiger partial charge in [-0.15, -0.1) is 0 Å². The van der Waals surface area contributed by atoms with Crippen molar-refractivity contribution in [3.05, 3.63) is 30.9 Å². The summed E-state index contributed by atoms with van der Waals surface area (Å²) in [5, 5.41) is 0. The fourth-order valence-corrected chi connectivity index (χ4v) is 4.54. The fourth-order valence-electron chi connectivity index (χ4n) is 2.04. The summed E-state index contributed by atoms with van der Waals surface area (Å²) in [6.07, 6.45) is -5.46. The van der Waals surface area contributed by atoms with Gasteiger partial charge in [0.15, 0.2) is 6.10 Å². The second kappa shape index (κ2) is 12.2. The number of benzene rings is 1. The van der Waals surface area contributed by atoms with Crippen LogP contribution in [0.15, 0.2) is 18.2 Å². The highest BCUT2D eigenvalue weighted by Gasteiger charge is 2.29. The van der Waals surface area contributed by atoms with Crippen molar-refractivity contribution in [2.75, 3.05) is 12.4 Å². The van der Waals surface area contributed by atoms with Crippen molar-refractivity contribution in [2.45, 2.75) is 38.2 Å². The lowest BCUT2D eigenvalue weighted by atomic mass is 10.2. The molecular formula is C16H18F2I2O7S. The van der Waals surface area contributed by atoms with E-state index >= 15 is 0 Å². The molecule has 1 aromatic rings. The zero-order valence-electron chi connectivity index (χ0n) is 14.4. The number of carbonyl (C=O) groups excluding carboxylic acids is 2. The molecule has 0 radical (unpaired) electrons. The van der Waals surface area contributed by atoms with E-state index < -0.39 is 40.3 Å². The summed E-state index contributed by atoms with van der Waals surface area (Å²) in [6.45, 7) is 0.168. The quantitative estimate of drug-likeness (QED) is 0.224. The molecule has 1 unspecified atom stereocenters. The fraction of sp³-hybridized carbons (Fsp3) is 0.500. The van der Waals surface area contributed by atoms with Crippen molar-refractivity contribution >= 4 is 67.2 Å². The third-order valence-electron chi connectivity index (χ3n) is 3.35. The van der Waals surface area contributed by atoms with Crippen LogP contribution in [0.25, 0.3) is 0 Å². The van der Waals surface area contributed by atoms with Crippen molar-refractivity contribution in [2.24, 2.45) is 0 Å². The van der Waals surface area contributed by atoms with Gasteiger partial charge in [-0.05, 0) is 69.3 Å². The first-order valence-corrected chi connectivity index (χ1v) is 11.8. The lowest BCUT2D eigenvalue weighted by molar-refractivity contribution is -0.155. The minimum atomic E-state index is -4.72. The predicted molar refractivity (Wildman–Crippen MR) is 113 cm³/mol. The third-order valence-corrected chi connectivity index (χ3v) is 5.78. The maximum Gasteiger partial charge on any atom is 0.306 e. The molecule has 0 spiro atoms. The molecule has 0 aliphatic heterocycles. The Morgan fingerprint density at radius 3 is 2.36 bits per heavy atom. The summed E-state index contributed by atoms with van der Waals surface area (Å²) in [5.41, 5.74) is 1.04. The van der Waals surface area contributed by atoms with Crippen LogP contribution >= 0.6 is 45.2 Å². The molecule has 1 aromatic carbocycles. The van der Waals surface area contributed by atoms with Gasteiger partial charge >= 0.3 is 11.9 Å². The lowest BCUT2D eigenvalue weighted by Crippen LogP contribution is -2.32. The van der Waals surface area contributed by atoms with Crippen LogP contribution in [-0.4, -0.2) is 49.8 Å². The molecule has 0 aliphatic rings. The summed E-state index contributed by atoms with van der Waals surface area (Å²) >= 11 is 4.39. The maximum atomic E-state index is 12.6. The summed E-state index contributed by atoms with van der Waals surface area (Å²) < 4.78 is 66.7. The normalized spacial score (nSPS) is 12.6. The van der Waals surface area contributed by atoms with Gasteiger partial charge in [0.05, 0.1) is 6.61 Å². The number of hydrogen-bond acceptors (Lipinski definition) is 6. The zero-order valence-corrected chi connectivity index (χ0v) is 19.6. The Morgan fingerprint density at radius 1 is 1.14 bits per heavy atom. The summed E-state index contributed by atoms with van der Waals surface area (Å²) in [5.74, 6) is -3.03. The van der Waals surface area contributed by atoms with E-state index in [0.29, 0.717) is 6.42 Å². The van der Waals surface area contributed by atoms with E-state index in [4.69, 9.17) is 9.29 Å². The third kappa shape index (κ3) is 10.8. The molecule has 0 saturated carbocycles. The van der Waals surface area contributed by atoms with Gasteiger partial charge < -0.3 is 9.47 Å². The summed E-state index contributed by atoms with van der Waals surface area (Å²) in [7, 11) is -4.72. The first-order valence-electron chi connectivity index (χ1n) is 8.00. The van der Waals surface area contributed by atoms with Crippen LogP contribution in [0.1, 0.15) is 24.8 Å². The number of halogens is 4. The molecule has 0 heterocycles. The molecule has 158 valence electrons. The van der Waals surface area contributed by atoms with E-state index in [-0.39, 0.29) is 25.9 Å². The molecule has 0 saturated heterocycles. The van der Waals surface area contributed by atoms with Crippen LogP contribution in [0, 0.1) is 7.14 Å². The molecule has 1 atom stereocenters. The largest absolute Gasteiger partial charge is 0.465 e. The molecule has 28 heavy (non-hydrogen) atoms. The van der Waals surface area contributed by atoms with Gasteiger partial charge in [0.1, 0.15) is 5.75 Å². The molecule has 0 amide bonds. The van der Waals surface area contributed by atoms with Crippen molar-refractivity contribution in [3.8, 4) is 0 Å². The Balaban J connectivity index is 2.30. The van der Waals surface area contributed by atoms with Gasteiger partial charge in [-0.1, -0.05) is 6.07 Å². The molecular weight excluding hydrogens is 628 g/mol. The van der Waals surface area contributed by atoms with Gasteiger partial charge in [0, 0.05) is 26.4 Å². The average Bonchev–Trinajstić information content (AvgIpc) is 2.55. The highest BCUT2D eigenvalue weighted by atomic mass is 127. The molecule has 0 aromatic heterocycles. The van der Waals surface area contributed by atoms with E-state index in [0.717, 1.165) is 12.7 Å². The maximum absolute atomic E-state index is 12.6. The van der Waals surface area contributed by atoms with Crippen LogP contribution in [0.4, 0.5) is 8.78 Å². The Hall–Kier alpha value is -0.610. The van der Waals surface area contributed by atoms with Gasteiger partial charge in [-0.25, -0.2) is 8.78 Å². The van der Waals surface area contributed by atoms with Gasteiger partial charge in [-0.3, -0.25) is 14.1 Å². The summed E-state index contributed by atoms with van der Waals surface area (Å²) in [6, 6.07) is 5.89. The smallest absolute Gasteiger partial charge is 0.306 e. The van der Waals surface area contributed by atoms with E-state index in [9.17, 15) is 26.8 Å². The van der Waals surface area contributed by atoms with Crippen LogP contribution in [0.2, 0.25) is 0 Å². The van der Waals surface area contributed by atoms with E-state index in [1.807, 2.05) is 18.2 Å². The number of hydrogen-bond donors (Lipinski definition) is 1. The molecule has 12 heteroatoms. The molecule has 1 N–H and O–H groups in total. The predicted octanol–water partition coefficient (Wildman–Crippen LogP) is 3.22. The van der Waals surface area contributed by atoms with Crippen LogP contribution < -0.4 is 0 Å². The van der Waals surface area contributed by atoms with Crippen molar-refractivity contribution < 1.29 is 40.8 Å².